The summed E-state index contributed by atoms with van der Waals surface area (Å²) in [4.78, 5) is 18.9. The number of nitriles is 1. The van der Waals surface area contributed by atoms with Gasteiger partial charge in [-0.25, -0.2) is 0 Å². The predicted octanol–water partition coefficient (Wildman–Crippen LogP) is 0.186. The third-order valence-electron chi connectivity index (χ3n) is 6.60. The van der Waals surface area contributed by atoms with Gasteiger partial charge in [-0.3, -0.25) is 20.3 Å². The summed E-state index contributed by atoms with van der Waals surface area (Å²) < 4.78 is 0. The number of hydrogen-bond donors (Lipinski definition) is 2. The Morgan fingerprint density at radius 3 is 2.58 bits per heavy atom. The van der Waals surface area contributed by atoms with Crippen LogP contribution in [0.4, 0.5) is 0 Å². The van der Waals surface area contributed by atoms with E-state index in [-0.39, 0.29) is 18.2 Å². The van der Waals surface area contributed by atoms with Crippen LogP contribution in [0.5, 0.6) is 0 Å². The maximum absolute atomic E-state index is 13.0. The highest BCUT2D eigenvalue weighted by Gasteiger charge is 2.42. The first-order valence-electron chi connectivity index (χ1n) is 9.95. The van der Waals surface area contributed by atoms with Crippen LogP contribution in [0, 0.1) is 23.3 Å². The summed E-state index contributed by atoms with van der Waals surface area (Å²) in [5.41, 5.74) is 0. The van der Waals surface area contributed by atoms with Gasteiger partial charge in [0, 0.05) is 44.6 Å². The molecule has 3 saturated heterocycles. The molecule has 3 aliphatic heterocycles. The number of amides is 1. The van der Waals surface area contributed by atoms with Gasteiger partial charge in [0.15, 0.2) is 6.19 Å². The van der Waals surface area contributed by atoms with Gasteiger partial charge in [-0.05, 0) is 31.1 Å². The number of carbonyl (C=O) groups is 1. The number of nitrogens with one attached hydrogen (secondary N) is 2. The Labute approximate surface area is 160 Å². The van der Waals surface area contributed by atoms with E-state index in [1.165, 1.54) is 12.8 Å². The van der Waals surface area contributed by atoms with Crippen molar-refractivity contribution in [2.75, 3.05) is 45.8 Å². The lowest BCUT2D eigenvalue weighted by Crippen LogP contribution is -2.71. The molecule has 4 rings (SSSR count). The molecule has 2 N–H and O–H groups in total. The second-order valence-corrected chi connectivity index (χ2v) is 8.75. The number of halogens is 1. The van der Waals surface area contributed by atoms with E-state index >= 15 is 0 Å². The minimum Gasteiger partial charge on any atom is -0.312 e. The Morgan fingerprint density at radius 2 is 1.85 bits per heavy atom. The van der Waals surface area contributed by atoms with E-state index in [2.05, 4.69) is 21.7 Å². The van der Waals surface area contributed by atoms with Crippen LogP contribution >= 0.6 is 11.6 Å². The third kappa shape index (κ3) is 3.65. The molecule has 1 amide bonds. The predicted molar refractivity (Wildman–Crippen MR) is 99.1 cm³/mol. The highest BCUT2D eigenvalue weighted by Crippen LogP contribution is 2.33. The van der Waals surface area contributed by atoms with Crippen molar-refractivity contribution < 1.29 is 4.79 Å². The Hall–Kier alpha value is -1.07. The largest absolute Gasteiger partial charge is 0.312 e. The summed E-state index contributed by atoms with van der Waals surface area (Å²) in [6.07, 6.45) is 6.87. The maximum atomic E-state index is 13.0. The highest BCUT2D eigenvalue weighted by atomic mass is 35.5. The molecule has 4 aliphatic rings. The lowest BCUT2D eigenvalue weighted by molar-refractivity contribution is -0.150. The molecule has 2 unspecified atom stereocenters. The molecular weight excluding hydrogens is 352 g/mol. The van der Waals surface area contributed by atoms with Gasteiger partial charge in [0.2, 0.25) is 5.91 Å². The van der Waals surface area contributed by atoms with Crippen LogP contribution in [0.25, 0.3) is 0 Å². The van der Waals surface area contributed by atoms with Crippen molar-refractivity contribution in [2.45, 2.75) is 43.4 Å². The molecule has 3 heterocycles. The van der Waals surface area contributed by atoms with Crippen molar-refractivity contribution in [3.05, 3.63) is 0 Å². The van der Waals surface area contributed by atoms with E-state index in [1.54, 1.807) is 4.90 Å². The first kappa shape index (κ1) is 18.3. The third-order valence-corrected chi connectivity index (χ3v) is 7.00. The number of alkyl halides is 1. The Bertz CT molecular complexity index is 560. The standard InChI is InChI=1S/C18H29ClN6O/c19-15-3-1-2-13(8-15)14-9-21-18(22-10-14)25-7-6-24-5-4-23(12-20)11-16(24)17(25)26/h13-16,18,21-22H,1-11H2/t13?,14?,15?,16-,18?/m0/s1. The van der Waals surface area contributed by atoms with Crippen LogP contribution in [0.1, 0.15) is 25.7 Å². The van der Waals surface area contributed by atoms with Crippen LogP contribution in [0.3, 0.4) is 0 Å². The first-order valence-corrected chi connectivity index (χ1v) is 10.4. The molecule has 0 aromatic heterocycles. The number of fused-ring (bicyclic) bond motifs is 1. The van der Waals surface area contributed by atoms with Crippen LogP contribution in [0.2, 0.25) is 0 Å². The van der Waals surface area contributed by atoms with Crippen molar-refractivity contribution in [1.29, 1.82) is 5.26 Å². The average Bonchev–Trinajstić information content (AvgIpc) is 2.68. The monoisotopic (exact) mass is 380 g/mol. The quantitative estimate of drug-likeness (QED) is 0.526. The topological polar surface area (TPSA) is 74.6 Å². The maximum Gasteiger partial charge on any atom is 0.244 e. The minimum absolute atomic E-state index is 0.0891. The molecule has 0 radical (unpaired) electrons. The first-order chi connectivity index (χ1) is 12.7. The summed E-state index contributed by atoms with van der Waals surface area (Å²) >= 11 is 6.36. The fourth-order valence-corrected chi connectivity index (χ4v) is 5.41. The Balaban J connectivity index is 1.33. The zero-order chi connectivity index (χ0) is 18.1. The van der Waals surface area contributed by atoms with Crippen LogP contribution in [-0.2, 0) is 4.79 Å². The number of carbonyl (C=O) groups excluding carboxylic acids is 1. The molecule has 26 heavy (non-hydrogen) atoms. The summed E-state index contributed by atoms with van der Waals surface area (Å²) in [6.45, 7) is 5.54. The molecule has 3 atom stereocenters. The van der Waals surface area contributed by atoms with Gasteiger partial charge in [0.1, 0.15) is 12.3 Å². The van der Waals surface area contributed by atoms with Gasteiger partial charge < -0.3 is 9.80 Å². The van der Waals surface area contributed by atoms with Crippen LogP contribution in [0.15, 0.2) is 0 Å². The Morgan fingerprint density at radius 1 is 1.08 bits per heavy atom. The van der Waals surface area contributed by atoms with Gasteiger partial charge in [-0.2, -0.15) is 5.26 Å². The minimum atomic E-state index is -0.186. The lowest BCUT2D eigenvalue weighted by Gasteiger charge is -2.49. The van der Waals surface area contributed by atoms with E-state index in [1.807, 2.05) is 4.90 Å². The van der Waals surface area contributed by atoms with Gasteiger partial charge in [0.25, 0.3) is 0 Å². The van der Waals surface area contributed by atoms with Crippen molar-refractivity contribution in [1.82, 2.24) is 25.3 Å². The lowest BCUT2D eigenvalue weighted by atomic mass is 9.79. The van der Waals surface area contributed by atoms with E-state index in [4.69, 9.17) is 16.9 Å². The van der Waals surface area contributed by atoms with Gasteiger partial charge in [-0.1, -0.05) is 6.42 Å². The van der Waals surface area contributed by atoms with Gasteiger partial charge in [-0.15, -0.1) is 11.6 Å². The zero-order valence-electron chi connectivity index (χ0n) is 15.2. The van der Waals surface area contributed by atoms with E-state index in [9.17, 15) is 4.79 Å². The van der Waals surface area contributed by atoms with Gasteiger partial charge >= 0.3 is 0 Å². The molecule has 7 nitrogen and oxygen atoms in total. The number of nitrogens with zero attached hydrogens (tertiary/aromatic N) is 4. The second kappa shape index (κ2) is 7.89. The number of hydrogen-bond acceptors (Lipinski definition) is 6. The molecular formula is C18H29ClN6O. The highest BCUT2D eigenvalue weighted by molar-refractivity contribution is 6.20. The second-order valence-electron chi connectivity index (χ2n) is 8.13. The average molecular weight is 381 g/mol. The Kier molecular flexibility index (Phi) is 5.55. The molecule has 0 aromatic rings. The summed E-state index contributed by atoms with van der Waals surface area (Å²) in [5, 5.41) is 16.6. The molecule has 0 aromatic carbocycles. The SMILES string of the molecule is N#CN1CCN2CCN(C3NCC(C4CCCC(Cl)C4)CN3)C(=O)[C@@H]2C1. The van der Waals surface area contributed by atoms with Crippen molar-refractivity contribution in [2.24, 2.45) is 11.8 Å². The molecule has 1 aliphatic carbocycles. The molecule has 4 fully saturated rings. The summed E-state index contributed by atoms with van der Waals surface area (Å²) in [5.74, 6) is 1.41. The number of piperazine rings is 2. The van der Waals surface area contributed by atoms with Crippen LogP contribution < -0.4 is 10.6 Å². The van der Waals surface area contributed by atoms with E-state index < -0.39 is 0 Å². The fourth-order valence-electron chi connectivity index (χ4n) is 5.03. The molecule has 8 heteroatoms. The molecule has 1 saturated carbocycles. The van der Waals surface area contributed by atoms with Crippen molar-refractivity contribution in [3.8, 4) is 6.19 Å². The smallest absolute Gasteiger partial charge is 0.244 e. The van der Waals surface area contributed by atoms with Crippen LogP contribution in [-0.4, -0.2) is 84.1 Å². The number of rotatable bonds is 2. The van der Waals surface area contributed by atoms with E-state index in [0.29, 0.717) is 23.8 Å². The molecule has 0 bridgehead atoms. The van der Waals surface area contributed by atoms with Crippen molar-refractivity contribution in [3.63, 3.8) is 0 Å². The van der Waals surface area contributed by atoms with E-state index in [0.717, 1.165) is 52.1 Å². The summed E-state index contributed by atoms with van der Waals surface area (Å²) in [7, 11) is 0. The normalized spacial score (nSPS) is 39.4. The fraction of sp³-hybridized carbons (Fsp3) is 0.889. The molecule has 144 valence electrons. The molecule has 0 spiro atoms. The zero-order valence-corrected chi connectivity index (χ0v) is 16.0. The van der Waals surface area contributed by atoms with Crippen molar-refractivity contribution >= 4 is 17.5 Å². The van der Waals surface area contributed by atoms with Gasteiger partial charge in [0.05, 0.1) is 6.54 Å². The summed E-state index contributed by atoms with van der Waals surface area (Å²) in [6, 6.07) is -0.186.